The molecule has 0 aromatic rings. The lowest BCUT2D eigenvalue weighted by Crippen LogP contribution is -2.13. The first-order chi connectivity index (χ1) is 24.3. The number of hydrogen-bond donors (Lipinski definition) is 0. The molecule has 6 fully saturated rings. The van der Waals surface area contributed by atoms with Gasteiger partial charge in [0.25, 0.3) is 0 Å². The predicted octanol–water partition coefficient (Wildman–Crippen LogP) is 13.8. The molecule has 0 amide bonds. The highest BCUT2D eigenvalue weighted by Gasteiger charge is 2.45. The van der Waals surface area contributed by atoms with Gasteiger partial charge in [-0.25, -0.2) is 0 Å². The third-order valence-electron chi connectivity index (χ3n) is 14.5. The Bertz CT molecular complexity index is 750. The van der Waals surface area contributed by atoms with Crippen molar-refractivity contribution in [2.75, 3.05) is 0 Å². The fourth-order valence-corrected chi connectivity index (χ4v) is 10.9. The largest absolute Gasteiger partial charge is 0.370 e. The van der Waals surface area contributed by atoms with Gasteiger partial charge < -0.3 is 14.2 Å². The first kappa shape index (κ1) is 38.6. The van der Waals surface area contributed by atoms with Gasteiger partial charge in [0.05, 0.1) is 36.6 Å². The Morgan fingerprint density at radius 3 is 0.837 bits per heavy atom. The average Bonchev–Trinajstić information content (AvgIpc) is 4.01. The Balaban J connectivity index is 0.738. The summed E-state index contributed by atoms with van der Waals surface area (Å²) < 4.78 is 17.2. The summed E-state index contributed by atoms with van der Waals surface area (Å²) in [6.07, 6.45) is 56.7. The molecule has 0 spiro atoms. The molecule has 3 heteroatoms. The lowest BCUT2D eigenvalue weighted by Gasteiger charge is -2.18. The summed E-state index contributed by atoms with van der Waals surface area (Å²) in [6, 6.07) is 0. The maximum absolute atomic E-state index is 5.74. The molecule has 8 unspecified atom stereocenters. The van der Waals surface area contributed by atoms with Crippen LogP contribution in [0.2, 0.25) is 0 Å². The highest BCUT2D eigenvalue weighted by atomic mass is 16.6. The van der Waals surface area contributed by atoms with E-state index in [1.54, 1.807) is 0 Å². The lowest BCUT2D eigenvalue weighted by atomic mass is 9.85. The zero-order chi connectivity index (χ0) is 33.4. The van der Waals surface area contributed by atoms with Gasteiger partial charge >= 0.3 is 0 Å². The van der Waals surface area contributed by atoms with Crippen LogP contribution in [0.15, 0.2) is 0 Å². The van der Waals surface area contributed by atoms with Crippen molar-refractivity contribution in [3.8, 4) is 0 Å². The van der Waals surface area contributed by atoms with Crippen LogP contribution in [0.3, 0.4) is 0 Å². The molecule has 49 heavy (non-hydrogen) atoms. The number of rotatable bonds is 30. The summed E-state index contributed by atoms with van der Waals surface area (Å²) in [5.74, 6) is 3.96. The Hall–Kier alpha value is -0.120. The Morgan fingerprint density at radius 2 is 0.551 bits per heavy atom. The highest BCUT2D eigenvalue weighted by molar-refractivity contribution is 4.93. The van der Waals surface area contributed by atoms with Crippen LogP contribution in [0.5, 0.6) is 0 Å². The Morgan fingerprint density at radius 1 is 0.286 bits per heavy atom. The molecule has 284 valence electrons. The fourth-order valence-electron chi connectivity index (χ4n) is 10.9. The quantitative estimate of drug-likeness (QED) is 0.0559. The number of epoxide rings is 3. The maximum Gasteiger partial charge on any atom is 0.0844 e. The molecule has 0 aromatic carbocycles. The number of unbranched alkanes of at least 4 members (excludes halogenated alkanes) is 18. The predicted molar refractivity (Wildman–Crippen MR) is 206 cm³/mol. The minimum Gasteiger partial charge on any atom is -0.370 e. The van der Waals surface area contributed by atoms with Gasteiger partial charge in [0, 0.05) is 0 Å². The lowest BCUT2D eigenvalue weighted by molar-refractivity contribution is 0.341. The molecule has 0 N–H and O–H groups in total. The molecule has 0 aromatic heterocycles. The van der Waals surface area contributed by atoms with E-state index in [9.17, 15) is 0 Å². The van der Waals surface area contributed by atoms with Crippen molar-refractivity contribution < 1.29 is 14.2 Å². The molecule has 3 saturated heterocycles. The van der Waals surface area contributed by atoms with E-state index in [1.165, 1.54) is 231 Å². The molecular formula is C46H82O3. The third-order valence-corrected chi connectivity index (χ3v) is 14.5. The van der Waals surface area contributed by atoms with Crippen molar-refractivity contribution in [3.63, 3.8) is 0 Å². The normalized spacial score (nSPS) is 33.4. The van der Waals surface area contributed by atoms with Gasteiger partial charge in [-0.05, 0) is 81.5 Å². The van der Waals surface area contributed by atoms with Crippen LogP contribution in [-0.4, -0.2) is 36.6 Å². The van der Waals surface area contributed by atoms with Crippen molar-refractivity contribution in [2.24, 2.45) is 23.7 Å². The monoisotopic (exact) mass is 683 g/mol. The second kappa shape index (κ2) is 22.2. The van der Waals surface area contributed by atoms with E-state index in [2.05, 4.69) is 0 Å². The summed E-state index contributed by atoms with van der Waals surface area (Å²) in [6.45, 7) is 0. The average molecular weight is 683 g/mol. The molecule has 3 aliphatic carbocycles. The SMILES string of the molecule is C(CCCCC(CCCCCCCCCC1CCC2OC2C1)CCCCCCCCCC1CCC2O[C@H]2C1)CCCCC1CCC2OC2C1. The van der Waals surface area contributed by atoms with Gasteiger partial charge in [0.2, 0.25) is 0 Å². The van der Waals surface area contributed by atoms with Gasteiger partial charge in [-0.15, -0.1) is 0 Å². The zero-order valence-electron chi connectivity index (χ0n) is 32.5. The smallest absolute Gasteiger partial charge is 0.0844 e. The molecule has 3 saturated carbocycles. The van der Waals surface area contributed by atoms with Crippen molar-refractivity contribution in [1.29, 1.82) is 0 Å². The zero-order valence-corrected chi connectivity index (χ0v) is 32.5. The molecule has 3 aliphatic heterocycles. The van der Waals surface area contributed by atoms with Crippen molar-refractivity contribution in [2.45, 2.75) is 268 Å². The molecule has 3 heterocycles. The summed E-state index contributed by atoms with van der Waals surface area (Å²) in [5, 5.41) is 0. The van der Waals surface area contributed by atoms with Crippen LogP contribution in [0.25, 0.3) is 0 Å². The van der Waals surface area contributed by atoms with E-state index >= 15 is 0 Å². The summed E-state index contributed by atoms with van der Waals surface area (Å²) >= 11 is 0. The minimum absolute atomic E-state index is 0.669. The van der Waals surface area contributed by atoms with Crippen LogP contribution in [-0.2, 0) is 14.2 Å². The van der Waals surface area contributed by atoms with Crippen LogP contribution in [0.4, 0.5) is 0 Å². The van der Waals surface area contributed by atoms with Gasteiger partial charge in [0.15, 0.2) is 0 Å². The van der Waals surface area contributed by atoms with Gasteiger partial charge in [0.1, 0.15) is 0 Å². The van der Waals surface area contributed by atoms with E-state index in [0.29, 0.717) is 36.6 Å². The fraction of sp³-hybridized carbons (Fsp3) is 1.00. The van der Waals surface area contributed by atoms with E-state index in [1.807, 2.05) is 0 Å². The number of ether oxygens (including phenoxy) is 3. The first-order valence-corrected chi connectivity index (χ1v) is 23.3. The van der Waals surface area contributed by atoms with Crippen molar-refractivity contribution >= 4 is 0 Å². The molecular weight excluding hydrogens is 601 g/mol. The second-order valence-electron chi connectivity index (χ2n) is 18.7. The standard InChI is InChI=1S/C46H82O3/c1(7-13-19-25-38-28-31-41-44(34-38)47-41)4-10-16-22-37(23-17-11-5-2-8-14-20-26-39-29-32-42-45(35-39)48-42)24-18-12-6-3-9-15-21-27-40-30-33-43-46(36-40)49-43/h37-46H,1-36H2/t37?,38?,39?,40?,41?,42?,43?,44-,45?,46?/m0/s1. The van der Waals surface area contributed by atoms with E-state index in [-0.39, 0.29) is 0 Å². The second-order valence-corrected chi connectivity index (χ2v) is 18.7. The molecule has 0 bridgehead atoms. The molecule has 0 radical (unpaired) electrons. The first-order valence-electron chi connectivity index (χ1n) is 23.3. The molecule has 3 nitrogen and oxygen atoms in total. The minimum atomic E-state index is 0.669. The Kier molecular flexibility index (Phi) is 17.5. The van der Waals surface area contributed by atoms with Crippen LogP contribution in [0.1, 0.15) is 231 Å². The molecule has 6 aliphatic rings. The number of fused-ring (bicyclic) bond motifs is 3. The van der Waals surface area contributed by atoms with Crippen LogP contribution in [0, 0.1) is 23.7 Å². The summed E-state index contributed by atoms with van der Waals surface area (Å²) in [5.41, 5.74) is 0. The molecule has 9 atom stereocenters. The third kappa shape index (κ3) is 15.4. The van der Waals surface area contributed by atoms with Gasteiger partial charge in [-0.3, -0.25) is 0 Å². The highest BCUT2D eigenvalue weighted by Crippen LogP contribution is 2.43. The van der Waals surface area contributed by atoms with Crippen LogP contribution >= 0.6 is 0 Å². The van der Waals surface area contributed by atoms with Gasteiger partial charge in [-0.2, -0.15) is 0 Å². The number of hydrogen-bond acceptors (Lipinski definition) is 3. The van der Waals surface area contributed by atoms with Crippen molar-refractivity contribution in [3.05, 3.63) is 0 Å². The maximum atomic E-state index is 5.74. The van der Waals surface area contributed by atoms with Crippen molar-refractivity contribution in [1.82, 2.24) is 0 Å². The topological polar surface area (TPSA) is 37.6 Å². The Labute approximate surface area is 304 Å². The van der Waals surface area contributed by atoms with Crippen LogP contribution < -0.4 is 0 Å². The van der Waals surface area contributed by atoms with Gasteiger partial charge in [-0.1, -0.05) is 173 Å². The summed E-state index contributed by atoms with van der Waals surface area (Å²) in [4.78, 5) is 0. The molecule has 6 rings (SSSR count). The van der Waals surface area contributed by atoms with E-state index in [4.69, 9.17) is 14.2 Å². The van der Waals surface area contributed by atoms with E-state index in [0.717, 1.165) is 23.7 Å². The van der Waals surface area contributed by atoms with E-state index < -0.39 is 0 Å². The summed E-state index contributed by atoms with van der Waals surface area (Å²) in [7, 11) is 0.